The fourth-order valence-electron chi connectivity index (χ4n) is 2.07. The molecule has 2 heterocycles. The molecule has 1 aliphatic heterocycles. The smallest absolute Gasteiger partial charge is 0.320 e. The SMILES string of the molecule is CC(C(=O)O)N1CCN(S(=O)(=O)c2sccc2Br)CC1. The Balaban J connectivity index is 2.08. The highest BCUT2D eigenvalue weighted by molar-refractivity contribution is 9.10. The van der Waals surface area contributed by atoms with Crippen molar-refractivity contribution in [2.24, 2.45) is 0 Å². The van der Waals surface area contributed by atoms with Gasteiger partial charge in [0.1, 0.15) is 10.3 Å². The van der Waals surface area contributed by atoms with E-state index >= 15 is 0 Å². The Hall–Kier alpha value is -0.480. The monoisotopic (exact) mass is 382 g/mol. The van der Waals surface area contributed by atoms with Gasteiger partial charge in [0.15, 0.2) is 0 Å². The van der Waals surface area contributed by atoms with Crippen molar-refractivity contribution in [1.29, 1.82) is 0 Å². The first-order chi connectivity index (χ1) is 9.34. The summed E-state index contributed by atoms with van der Waals surface area (Å²) in [5.74, 6) is -0.887. The normalized spacial score (nSPS) is 19.9. The number of halogens is 1. The fraction of sp³-hybridized carbons (Fsp3) is 0.545. The topological polar surface area (TPSA) is 77.9 Å². The molecule has 9 heteroatoms. The van der Waals surface area contributed by atoms with E-state index in [-0.39, 0.29) is 0 Å². The summed E-state index contributed by atoms with van der Waals surface area (Å²) in [7, 11) is -3.49. The van der Waals surface area contributed by atoms with Crippen LogP contribution in [0.15, 0.2) is 20.1 Å². The molecule has 6 nitrogen and oxygen atoms in total. The molecule has 20 heavy (non-hydrogen) atoms. The summed E-state index contributed by atoms with van der Waals surface area (Å²) in [4.78, 5) is 12.7. The van der Waals surface area contributed by atoms with E-state index in [0.717, 1.165) is 0 Å². The molecule has 0 bridgehead atoms. The average molecular weight is 383 g/mol. The second kappa shape index (κ2) is 6.10. The van der Waals surface area contributed by atoms with Crippen LogP contribution in [0.25, 0.3) is 0 Å². The lowest BCUT2D eigenvalue weighted by molar-refractivity contribution is -0.143. The van der Waals surface area contributed by atoms with Crippen molar-refractivity contribution < 1.29 is 18.3 Å². The minimum absolute atomic E-state index is 0.303. The van der Waals surface area contributed by atoms with Gasteiger partial charge in [0.25, 0.3) is 10.0 Å². The van der Waals surface area contributed by atoms with Crippen molar-refractivity contribution in [3.8, 4) is 0 Å². The van der Waals surface area contributed by atoms with Crippen LogP contribution in [0.5, 0.6) is 0 Å². The Morgan fingerprint density at radius 3 is 2.45 bits per heavy atom. The Morgan fingerprint density at radius 1 is 1.40 bits per heavy atom. The van der Waals surface area contributed by atoms with E-state index in [9.17, 15) is 13.2 Å². The van der Waals surface area contributed by atoms with Gasteiger partial charge in [0.2, 0.25) is 0 Å². The van der Waals surface area contributed by atoms with Crippen LogP contribution >= 0.6 is 27.3 Å². The van der Waals surface area contributed by atoms with Gasteiger partial charge in [-0.2, -0.15) is 4.31 Å². The van der Waals surface area contributed by atoms with Crippen molar-refractivity contribution in [2.75, 3.05) is 26.2 Å². The molecular weight excluding hydrogens is 368 g/mol. The van der Waals surface area contributed by atoms with Crippen molar-refractivity contribution in [2.45, 2.75) is 17.2 Å². The number of rotatable bonds is 4. The Kier molecular flexibility index (Phi) is 4.85. The molecular formula is C11H15BrN2O4S2. The van der Waals surface area contributed by atoms with Crippen LogP contribution in [0.3, 0.4) is 0 Å². The molecule has 0 aliphatic carbocycles. The van der Waals surface area contributed by atoms with Crippen LogP contribution in [0.4, 0.5) is 0 Å². The molecule has 1 N–H and O–H groups in total. The first-order valence-corrected chi connectivity index (χ1v) is 9.15. The molecule has 1 atom stereocenters. The molecule has 1 unspecified atom stereocenters. The van der Waals surface area contributed by atoms with Crippen molar-refractivity contribution in [1.82, 2.24) is 9.21 Å². The van der Waals surface area contributed by atoms with Crippen LogP contribution in [0, 0.1) is 0 Å². The summed E-state index contributed by atoms with van der Waals surface area (Å²) in [5, 5.41) is 10.7. The molecule has 1 fully saturated rings. The van der Waals surface area contributed by atoms with Gasteiger partial charge in [0.05, 0.1) is 0 Å². The zero-order valence-electron chi connectivity index (χ0n) is 10.8. The second-order valence-corrected chi connectivity index (χ2v) is 8.41. The number of piperazine rings is 1. The second-order valence-electron chi connectivity index (χ2n) is 4.51. The molecule has 0 saturated carbocycles. The third kappa shape index (κ3) is 3.06. The first kappa shape index (κ1) is 15.9. The number of carboxylic acid groups (broad SMARTS) is 1. The zero-order chi connectivity index (χ0) is 14.9. The third-order valence-corrected chi connectivity index (χ3v) is 7.88. The van der Waals surface area contributed by atoms with Gasteiger partial charge in [-0.15, -0.1) is 11.3 Å². The molecule has 0 aromatic carbocycles. The van der Waals surface area contributed by atoms with Gasteiger partial charge in [0, 0.05) is 30.7 Å². The Labute approximate surface area is 130 Å². The van der Waals surface area contributed by atoms with Crippen LogP contribution in [-0.4, -0.2) is 60.9 Å². The van der Waals surface area contributed by atoms with Crippen LogP contribution in [0.1, 0.15) is 6.92 Å². The van der Waals surface area contributed by atoms with Crippen LogP contribution in [-0.2, 0) is 14.8 Å². The quantitative estimate of drug-likeness (QED) is 0.848. The highest BCUT2D eigenvalue weighted by Gasteiger charge is 2.33. The van der Waals surface area contributed by atoms with Crippen molar-refractivity contribution in [3.63, 3.8) is 0 Å². The van der Waals surface area contributed by atoms with Crippen molar-refractivity contribution >= 4 is 43.3 Å². The Bertz CT molecular complexity index is 593. The van der Waals surface area contributed by atoms with Gasteiger partial charge in [-0.1, -0.05) is 0 Å². The van der Waals surface area contributed by atoms with E-state index < -0.39 is 22.0 Å². The van der Waals surface area contributed by atoms with E-state index in [1.54, 1.807) is 23.3 Å². The highest BCUT2D eigenvalue weighted by atomic mass is 79.9. The predicted octanol–water partition coefficient (Wildman–Crippen LogP) is 1.29. The van der Waals surface area contributed by atoms with Gasteiger partial charge in [-0.25, -0.2) is 8.42 Å². The number of hydrogen-bond donors (Lipinski definition) is 1. The predicted molar refractivity (Wildman–Crippen MR) is 79.4 cm³/mol. The number of thiophene rings is 1. The summed E-state index contributed by atoms with van der Waals surface area (Å²) in [6.07, 6.45) is 0. The molecule has 1 aromatic heterocycles. The lowest BCUT2D eigenvalue weighted by Gasteiger charge is -2.35. The summed E-state index contributed by atoms with van der Waals surface area (Å²) in [6.45, 7) is 3.09. The molecule has 1 saturated heterocycles. The van der Waals surface area contributed by atoms with Crippen LogP contribution in [0.2, 0.25) is 0 Å². The van der Waals surface area contributed by atoms with E-state index in [2.05, 4.69) is 15.9 Å². The fourth-order valence-corrected chi connectivity index (χ4v) is 5.94. The minimum Gasteiger partial charge on any atom is -0.480 e. The minimum atomic E-state index is -3.49. The van der Waals surface area contributed by atoms with E-state index in [1.807, 2.05) is 0 Å². The molecule has 112 valence electrons. The maximum absolute atomic E-state index is 12.5. The lowest BCUT2D eigenvalue weighted by Crippen LogP contribution is -2.52. The zero-order valence-corrected chi connectivity index (χ0v) is 14.0. The largest absolute Gasteiger partial charge is 0.480 e. The number of carboxylic acids is 1. The highest BCUT2D eigenvalue weighted by Crippen LogP contribution is 2.30. The number of hydrogen-bond acceptors (Lipinski definition) is 5. The first-order valence-electron chi connectivity index (χ1n) is 6.04. The lowest BCUT2D eigenvalue weighted by atomic mass is 10.2. The summed E-state index contributed by atoms with van der Waals surface area (Å²) in [6, 6.07) is 1.12. The summed E-state index contributed by atoms with van der Waals surface area (Å²) >= 11 is 4.42. The van der Waals surface area contributed by atoms with Gasteiger partial charge in [-0.05, 0) is 34.3 Å². The van der Waals surface area contributed by atoms with Crippen molar-refractivity contribution in [3.05, 3.63) is 15.9 Å². The summed E-state index contributed by atoms with van der Waals surface area (Å²) < 4.78 is 27.2. The number of carbonyl (C=O) groups is 1. The van der Waals surface area contributed by atoms with E-state index in [1.165, 1.54) is 15.6 Å². The molecule has 0 spiro atoms. The molecule has 2 rings (SSSR count). The average Bonchev–Trinajstić information content (AvgIpc) is 2.85. The molecule has 1 aromatic rings. The van der Waals surface area contributed by atoms with Gasteiger partial charge >= 0.3 is 5.97 Å². The summed E-state index contributed by atoms with van der Waals surface area (Å²) in [5.41, 5.74) is 0. The Morgan fingerprint density at radius 2 is 2.00 bits per heavy atom. The molecule has 0 amide bonds. The standard InChI is InChI=1S/C11H15BrN2O4S2/c1-8(10(15)16)13-3-5-14(6-4-13)20(17,18)11-9(12)2-7-19-11/h2,7-8H,3-6H2,1H3,(H,15,16). The third-order valence-electron chi connectivity index (χ3n) is 3.34. The number of sulfonamides is 1. The van der Waals surface area contributed by atoms with E-state index in [4.69, 9.17) is 5.11 Å². The van der Waals surface area contributed by atoms with Gasteiger partial charge in [-0.3, -0.25) is 9.69 Å². The molecule has 1 aliphatic rings. The maximum atomic E-state index is 12.5. The number of nitrogens with zero attached hydrogens (tertiary/aromatic N) is 2. The molecule has 0 radical (unpaired) electrons. The van der Waals surface area contributed by atoms with E-state index in [0.29, 0.717) is 34.9 Å². The number of aliphatic carboxylic acids is 1. The van der Waals surface area contributed by atoms with Crippen LogP contribution < -0.4 is 0 Å². The van der Waals surface area contributed by atoms with Gasteiger partial charge < -0.3 is 5.11 Å². The maximum Gasteiger partial charge on any atom is 0.320 e.